The Bertz CT molecular complexity index is 445. The molecule has 0 aliphatic heterocycles. The lowest BCUT2D eigenvalue weighted by atomic mass is 10.1. The molecule has 1 aromatic carbocycles. The van der Waals surface area contributed by atoms with Gasteiger partial charge in [-0.25, -0.2) is 0 Å². The molecule has 0 aliphatic rings. The molecule has 1 heterocycles. The molecule has 2 aromatic rings. The summed E-state index contributed by atoms with van der Waals surface area (Å²) in [6.07, 6.45) is 0.930. The number of hydrogen-bond acceptors (Lipinski definition) is 2. The molecule has 1 aromatic heterocycles. The Labute approximate surface area is 100 Å². The lowest BCUT2D eigenvalue weighted by Crippen LogP contribution is -2.10. The van der Waals surface area contributed by atoms with Crippen molar-refractivity contribution < 1.29 is 0 Å². The van der Waals surface area contributed by atoms with Crippen LogP contribution >= 0.6 is 11.6 Å². The second-order valence-corrected chi connectivity index (χ2v) is 4.26. The van der Waals surface area contributed by atoms with Crippen LogP contribution in [0.3, 0.4) is 0 Å². The zero-order valence-electron chi connectivity index (χ0n) is 9.39. The van der Waals surface area contributed by atoms with Crippen LogP contribution in [0.25, 0.3) is 0 Å². The smallest absolute Gasteiger partial charge is 0.225 e. The summed E-state index contributed by atoms with van der Waals surface area (Å²) in [5, 5.41) is 8.28. The van der Waals surface area contributed by atoms with Crippen molar-refractivity contribution in [2.24, 2.45) is 0 Å². The second kappa shape index (κ2) is 4.66. The molecule has 3 nitrogen and oxygen atoms in total. The molecule has 0 saturated heterocycles. The monoisotopic (exact) mass is 235 g/mol. The summed E-state index contributed by atoms with van der Waals surface area (Å²) in [4.78, 5) is 0. The lowest BCUT2D eigenvalue weighted by Gasteiger charge is -2.15. The highest BCUT2D eigenvalue weighted by atomic mass is 35.5. The molecule has 0 spiro atoms. The summed E-state index contributed by atoms with van der Waals surface area (Å²) in [5.41, 5.74) is 1.29. The van der Waals surface area contributed by atoms with Gasteiger partial charge in [-0.2, -0.15) is 0 Å². The van der Waals surface area contributed by atoms with E-state index in [1.165, 1.54) is 5.56 Å². The molecule has 16 heavy (non-hydrogen) atoms. The van der Waals surface area contributed by atoms with Gasteiger partial charge in [-0.1, -0.05) is 30.3 Å². The maximum Gasteiger partial charge on any atom is 0.225 e. The fraction of sp³-hybridized carbons (Fsp3) is 0.333. The van der Waals surface area contributed by atoms with E-state index in [0.717, 1.165) is 12.2 Å². The van der Waals surface area contributed by atoms with Gasteiger partial charge in [0.05, 0.1) is 0 Å². The Kier molecular flexibility index (Phi) is 3.25. The Balaban J connectivity index is 2.18. The van der Waals surface area contributed by atoms with Crippen LogP contribution in [-0.4, -0.2) is 14.8 Å². The van der Waals surface area contributed by atoms with Crippen molar-refractivity contribution in [2.45, 2.75) is 26.3 Å². The van der Waals surface area contributed by atoms with Crippen molar-refractivity contribution in [1.29, 1.82) is 0 Å². The molecule has 4 heteroatoms. The van der Waals surface area contributed by atoms with Gasteiger partial charge in [-0.15, -0.1) is 10.2 Å². The van der Waals surface area contributed by atoms with Gasteiger partial charge in [0.1, 0.15) is 5.82 Å². The lowest BCUT2D eigenvalue weighted by molar-refractivity contribution is 0.531. The van der Waals surface area contributed by atoms with Crippen LogP contribution in [0.2, 0.25) is 5.28 Å². The second-order valence-electron chi connectivity index (χ2n) is 3.92. The highest BCUT2D eigenvalue weighted by Gasteiger charge is 2.13. The first-order valence-corrected chi connectivity index (χ1v) is 5.67. The fourth-order valence-electron chi connectivity index (χ4n) is 1.89. The van der Waals surface area contributed by atoms with Gasteiger partial charge < -0.3 is 0 Å². The maximum atomic E-state index is 6.00. The van der Waals surface area contributed by atoms with E-state index in [1.807, 2.05) is 29.7 Å². The zero-order chi connectivity index (χ0) is 11.5. The molecule has 0 amide bonds. The molecule has 84 valence electrons. The van der Waals surface area contributed by atoms with Gasteiger partial charge in [-0.05, 0) is 37.4 Å². The zero-order valence-corrected chi connectivity index (χ0v) is 10.1. The predicted molar refractivity (Wildman–Crippen MR) is 64.6 cm³/mol. The summed E-state index contributed by atoms with van der Waals surface area (Å²) >= 11 is 6.00. The molecule has 0 saturated carbocycles. The Morgan fingerprint density at radius 1 is 1.25 bits per heavy atom. The van der Waals surface area contributed by atoms with E-state index in [9.17, 15) is 0 Å². The molecule has 0 bridgehead atoms. The van der Waals surface area contributed by atoms with E-state index in [1.54, 1.807) is 0 Å². The number of aromatic nitrogens is 3. The van der Waals surface area contributed by atoms with Crippen LogP contribution in [0, 0.1) is 6.92 Å². The number of rotatable bonds is 3. The number of benzene rings is 1. The molecule has 0 fully saturated rings. The normalized spacial score (nSPS) is 12.7. The Morgan fingerprint density at radius 3 is 2.50 bits per heavy atom. The first-order valence-electron chi connectivity index (χ1n) is 5.29. The summed E-state index contributed by atoms with van der Waals surface area (Å²) in [6, 6.07) is 10.6. The largest absolute Gasteiger partial charge is 0.299 e. The van der Waals surface area contributed by atoms with Gasteiger partial charge in [0, 0.05) is 6.04 Å². The van der Waals surface area contributed by atoms with Crippen molar-refractivity contribution in [1.82, 2.24) is 14.8 Å². The average Bonchev–Trinajstić information content (AvgIpc) is 2.60. The van der Waals surface area contributed by atoms with E-state index in [0.29, 0.717) is 5.28 Å². The van der Waals surface area contributed by atoms with Crippen LogP contribution in [-0.2, 0) is 6.42 Å². The highest BCUT2D eigenvalue weighted by molar-refractivity contribution is 6.28. The molecule has 1 atom stereocenters. The third-order valence-corrected chi connectivity index (χ3v) is 2.90. The highest BCUT2D eigenvalue weighted by Crippen LogP contribution is 2.19. The summed E-state index contributed by atoms with van der Waals surface area (Å²) in [5.74, 6) is 0.855. The van der Waals surface area contributed by atoms with Gasteiger partial charge in [0.15, 0.2) is 0 Å². The molecule has 0 aliphatic carbocycles. The number of halogens is 1. The van der Waals surface area contributed by atoms with Crippen LogP contribution < -0.4 is 0 Å². The average molecular weight is 236 g/mol. The number of aryl methyl sites for hydroxylation is 1. The third kappa shape index (κ3) is 2.25. The number of nitrogens with zero attached hydrogens (tertiary/aromatic N) is 3. The van der Waals surface area contributed by atoms with E-state index < -0.39 is 0 Å². The molecular weight excluding hydrogens is 222 g/mol. The SMILES string of the molecule is Cc1nnc(Cl)n1C(C)Cc1ccccc1. The van der Waals surface area contributed by atoms with Gasteiger partial charge in [0.25, 0.3) is 0 Å². The van der Waals surface area contributed by atoms with Gasteiger partial charge in [0.2, 0.25) is 5.28 Å². The first-order chi connectivity index (χ1) is 7.68. The minimum absolute atomic E-state index is 0.268. The van der Waals surface area contributed by atoms with Crippen molar-refractivity contribution in [3.05, 3.63) is 47.0 Å². The molecule has 0 radical (unpaired) electrons. The van der Waals surface area contributed by atoms with Crippen molar-refractivity contribution in [2.75, 3.05) is 0 Å². The van der Waals surface area contributed by atoms with Gasteiger partial charge in [-0.3, -0.25) is 4.57 Å². The summed E-state index contributed by atoms with van der Waals surface area (Å²) in [6.45, 7) is 4.04. The third-order valence-electron chi connectivity index (χ3n) is 2.64. The molecule has 2 rings (SSSR count). The van der Waals surface area contributed by atoms with E-state index in [2.05, 4.69) is 29.3 Å². The molecule has 0 N–H and O–H groups in total. The van der Waals surface area contributed by atoms with Crippen molar-refractivity contribution >= 4 is 11.6 Å². The quantitative estimate of drug-likeness (QED) is 0.819. The topological polar surface area (TPSA) is 30.7 Å². The Morgan fingerprint density at radius 2 is 1.94 bits per heavy atom. The van der Waals surface area contributed by atoms with E-state index in [4.69, 9.17) is 11.6 Å². The summed E-state index contributed by atoms with van der Waals surface area (Å²) < 4.78 is 1.95. The van der Waals surface area contributed by atoms with Gasteiger partial charge >= 0.3 is 0 Å². The molecular formula is C12H14ClN3. The van der Waals surface area contributed by atoms with Crippen LogP contribution in [0.15, 0.2) is 30.3 Å². The van der Waals surface area contributed by atoms with Crippen molar-refractivity contribution in [3.63, 3.8) is 0 Å². The van der Waals surface area contributed by atoms with Crippen LogP contribution in [0.5, 0.6) is 0 Å². The Hall–Kier alpha value is -1.35. The van der Waals surface area contributed by atoms with E-state index in [-0.39, 0.29) is 6.04 Å². The van der Waals surface area contributed by atoms with Crippen LogP contribution in [0.1, 0.15) is 24.4 Å². The van der Waals surface area contributed by atoms with E-state index >= 15 is 0 Å². The van der Waals surface area contributed by atoms with Crippen molar-refractivity contribution in [3.8, 4) is 0 Å². The fourth-order valence-corrected chi connectivity index (χ4v) is 2.22. The minimum Gasteiger partial charge on any atom is -0.299 e. The summed E-state index contributed by atoms with van der Waals surface area (Å²) in [7, 11) is 0. The predicted octanol–water partition coefficient (Wildman–Crippen LogP) is 3.04. The standard InChI is InChI=1S/C12H14ClN3/c1-9(8-11-6-4-3-5-7-11)16-10(2)14-15-12(16)13/h3-7,9H,8H2,1-2H3. The van der Waals surface area contributed by atoms with Crippen LogP contribution in [0.4, 0.5) is 0 Å². The minimum atomic E-state index is 0.268. The first kappa shape index (κ1) is 11.1. The maximum absolute atomic E-state index is 6.00. The molecule has 1 unspecified atom stereocenters. The number of hydrogen-bond donors (Lipinski definition) is 0.